The van der Waals surface area contributed by atoms with E-state index in [1.807, 2.05) is 6.07 Å². The lowest BCUT2D eigenvalue weighted by Gasteiger charge is -2.35. The number of carboxylic acids is 1. The lowest BCUT2D eigenvalue weighted by molar-refractivity contribution is -0.146. The first kappa shape index (κ1) is 14.4. The summed E-state index contributed by atoms with van der Waals surface area (Å²) >= 11 is 0. The van der Waals surface area contributed by atoms with Gasteiger partial charge in [0.2, 0.25) is 0 Å². The number of aliphatic carboxylic acids is 1. The zero-order chi connectivity index (χ0) is 14.6. The third-order valence-corrected chi connectivity index (χ3v) is 3.83. The Morgan fingerprint density at radius 3 is 2.40 bits per heavy atom. The van der Waals surface area contributed by atoms with Crippen LogP contribution in [0.2, 0.25) is 0 Å². The molecule has 0 unspecified atom stereocenters. The molecule has 1 amide bonds. The molecule has 20 heavy (non-hydrogen) atoms. The van der Waals surface area contributed by atoms with Crippen LogP contribution < -0.4 is 10.1 Å². The first-order valence-corrected chi connectivity index (χ1v) is 6.80. The first-order valence-electron chi connectivity index (χ1n) is 6.80. The number of hydrogen-bond donors (Lipinski definition) is 2. The summed E-state index contributed by atoms with van der Waals surface area (Å²) in [7, 11) is 0. The van der Waals surface area contributed by atoms with E-state index in [2.05, 4.69) is 12.2 Å². The van der Waals surface area contributed by atoms with Crippen LogP contribution in [0.5, 0.6) is 5.75 Å². The van der Waals surface area contributed by atoms with Gasteiger partial charge in [-0.05, 0) is 43.7 Å². The van der Waals surface area contributed by atoms with Crippen molar-refractivity contribution in [3.8, 4) is 5.75 Å². The molecule has 2 rings (SSSR count). The Hall–Kier alpha value is -2.04. The monoisotopic (exact) mass is 277 g/mol. The van der Waals surface area contributed by atoms with Gasteiger partial charge in [-0.2, -0.15) is 0 Å². The van der Waals surface area contributed by atoms with Crippen LogP contribution in [0.4, 0.5) is 4.79 Å². The van der Waals surface area contributed by atoms with Gasteiger partial charge in [0.15, 0.2) is 0 Å². The molecule has 5 nitrogen and oxygen atoms in total. The second-order valence-electron chi connectivity index (χ2n) is 5.40. The summed E-state index contributed by atoms with van der Waals surface area (Å²) in [5.41, 5.74) is -1.20. The summed E-state index contributed by atoms with van der Waals surface area (Å²) in [6.07, 6.45) is 1.74. The molecule has 0 aliphatic heterocycles. The molecule has 1 aliphatic carbocycles. The van der Waals surface area contributed by atoms with Gasteiger partial charge in [0.05, 0.1) is 0 Å². The van der Waals surface area contributed by atoms with Crippen molar-refractivity contribution in [3.63, 3.8) is 0 Å². The minimum atomic E-state index is -1.20. The first-order chi connectivity index (χ1) is 9.52. The van der Waals surface area contributed by atoms with Gasteiger partial charge < -0.3 is 15.2 Å². The third kappa shape index (κ3) is 3.29. The third-order valence-electron chi connectivity index (χ3n) is 3.83. The SMILES string of the molecule is CC1CCC(NC(=O)Oc2ccccc2)(C(=O)O)CC1. The number of benzene rings is 1. The van der Waals surface area contributed by atoms with Crippen molar-refractivity contribution < 1.29 is 19.4 Å². The Morgan fingerprint density at radius 2 is 1.85 bits per heavy atom. The average Bonchev–Trinajstić information content (AvgIpc) is 2.42. The molecule has 1 fully saturated rings. The maximum atomic E-state index is 11.9. The van der Waals surface area contributed by atoms with E-state index in [1.165, 1.54) is 0 Å². The number of amides is 1. The van der Waals surface area contributed by atoms with Crippen LogP contribution in [0.3, 0.4) is 0 Å². The fraction of sp³-hybridized carbons (Fsp3) is 0.467. The van der Waals surface area contributed by atoms with Gasteiger partial charge in [0, 0.05) is 0 Å². The number of rotatable bonds is 3. The van der Waals surface area contributed by atoms with Crippen LogP contribution in [-0.2, 0) is 4.79 Å². The summed E-state index contributed by atoms with van der Waals surface area (Å²) in [5, 5.41) is 12.0. The Morgan fingerprint density at radius 1 is 1.25 bits per heavy atom. The maximum Gasteiger partial charge on any atom is 0.413 e. The number of carbonyl (C=O) groups excluding carboxylic acids is 1. The quantitative estimate of drug-likeness (QED) is 0.890. The van der Waals surface area contributed by atoms with Crippen LogP contribution in [-0.4, -0.2) is 22.7 Å². The molecule has 0 saturated heterocycles. The molecule has 0 aromatic heterocycles. The lowest BCUT2D eigenvalue weighted by Crippen LogP contribution is -2.56. The molecule has 0 heterocycles. The predicted molar refractivity (Wildman–Crippen MR) is 73.6 cm³/mol. The molecule has 2 N–H and O–H groups in total. The van der Waals surface area contributed by atoms with Crippen LogP contribution in [0, 0.1) is 5.92 Å². The number of nitrogens with one attached hydrogen (secondary N) is 1. The zero-order valence-corrected chi connectivity index (χ0v) is 11.5. The van der Waals surface area contributed by atoms with Crippen molar-refractivity contribution in [2.45, 2.75) is 38.1 Å². The van der Waals surface area contributed by atoms with E-state index in [1.54, 1.807) is 24.3 Å². The molecule has 0 bridgehead atoms. The molecule has 1 aliphatic rings. The van der Waals surface area contributed by atoms with Crippen LogP contribution in [0.1, 0.15) is 32.6 Å². The van der Waals surface area contributed by atoms with Crippen LogP contribution >= 0.6 is 0 Å². The highest BCUT2D eigenvalue weighted by atomic mass is 16.6. The standard InChI is InChI=1S/C15H19NO4/c1-11-7-9-15(10-8-11,13(17)18)16-14(19)20-12-5-3-2-4-6-12/h2-6,11H,7-10H2,1H3,(H,16,19)(H,17,18). The largest absolute Gasteiger partial charge is 0.480 e. The molecule has 0 atom stereocenters. The fourth-order valence-corrected chi connectivity index (χ4v) is 2.46. The van der Waals surface area contributed by atoms with E-state index >= 15 is 0 Å². The highest BCUT2D eigenvalue weighted by Crippen LogP contribution is 2.32. The number of para-hydroxylation sites is 1. The molecule has 0 radical (unpaired) electrons. The second kappa shape index (κ2) is 5.94. The number of carboxylic acid groups (broad SMARTS) is 1. The normalized spacial score (nSPS) is 25.8. The van der Waals surface area contributed by atoms with Crippen molar-refractivity contribution in [2.24, 2.45) is 5.92 Å². The van der Waals surface area contributed by atoms with E-state index in [0.29, 0.717) is 24.5 Å². The van der Waals surface area contributed by atoms with Crippen molar-refractivity contribution in [2.75, 3.05) is 0 Å². The number of hydrogen-bond acceptors (Lipinski definition) is 3. The summed E-state index contributed by atoms with van der Waals surface area (Å²) in [5.74, 6) is -0.0986. The van der Waals surface area contributed by atoms with Gasteiger partial charge in [-0.1, -0.05) is 25.1 Å². The molecule has 1 saturated carbocycles. The molecular formula is C15H19NO4. The highest BCUT2D eigenvalue weighted by Gasteiger charge is 2.43. The van der Waals surface area contributed by atoms with Gasteiger partial charge in [-0.3, -0.25) is 0 Å². The van der Waals surface area contributed by atoms with Crippen LogP contribution in [0.25, 0.3) is 0 Å². The Balaban J connectivity index is 2.02. The second-order valence-corrected chi connectivity index (χ2v) is 5.40. The number of ether oxygens (including phenoxy) is 1. The Kier molecular flexibility index (Phi) is 4.27. The molecular weight excluding hydrogens is 258 g/mol. The van der Waals surface area contributed by atoms with Crippen molar-refractivity contribution in [1.82, 2.24) is 5.32 Å². The smallest absolute Gasteiger partial charge is 0.413 e. The van der Waals surface area contributed by atoms with E-state index in [-0.39, 0.29) is 0 Å². The van der Waals surface area contributed by atoms with Crippen molar-refractivity contribution in [1.29, 1.82) is 0 Å². The average molecular weight is 277 g/mol. The molecule has 0 spiro atoms. The van der Waals surface area contributed by atoms with Crippen LogP contribution in [0.15, 0.2) is 30.3 Å². The van der Waals surface area contributed by atoms with Gasteiger partial charge in [-0.15, -0.1) is 0 Å². The molecule has 5 heteroatoms. The van der Waals surface area contributed by atoms with Gasteiger partial charge >= 0.3 is 12.1 Å². The summed E-state index contributed by atoms with van der Waals surface area (Å²) < 4.78 is 5.11. The van der Waals surface area contributed by atoms with Gasteiger partial charge in [-0.25, -0.2) is 9.59 Å². The fourth-order valence-electron chi connectivity index (χ4n) is 2.46. The summed E-state index contributed by atoms with van der Waals surface area (Å²) in [4.78, 5) is 23.4. The maximum absolute atomic E-state index is 11.9. The Labute approximate surface area is 117 Å². The van der Waals surface area contributed by atoms with Gasteiger partial charge in [0.25, 0.3) is 0 Å². The van der Waals surface area contributed by atoms with E-state index in [0.717, 1.165) is 12.8 Å². The minimum absolute atomic E-state index is 0.398. The molecule has 108 valence electrons. The molecule has 1 aromatic rings. The topological polar surface area (TPSA) is 75.6 Å². The van der Waals surface area contributed by atoms with E-state index in [4.69, 9.17) is 4.74 Å². The van der Waals surface area contributed by atoms with Crippen molar-refractivity contribution in [3.05, 3.63) is 30.3 Å². The lowest BCUT2D eigenvalue weighted by atomic mass is 9.77. The van der Waals surface area contributed by atoms with E-state index in [9.17, 15) is 14.7 Å². The van der Waals surface area contributed by atoms with E-state index < -0.39 is 17.6 Å². The summed E-state index contributed by atoms with van der Waals surface area (Å²) in [6.45, 7) is 2.09. The van der Waals surface area contributed by atoms with Gasteiger partial charge in [0.1, 0.15) is 11.3 Å². The predicted octanol–water partition coefficient (Wildman–Crippen LogP) is 2.81. The minimum Gasteiger partial charge on any atom is -0.480 e. The highest BCUT2D eigenvalue weighted by molar-refractivity contribution is 5.85. The summed E-state index contributed by atoms with van der Waals surface area (Å²) in [6, 6.07) is 8.60. The zero-order valence-electron chi connectivity index (χ0n) is 11.5. The Bertz CT molecular complexity index is 478. The number of carbonyl (C=O) groups is 2. The van der Waals surface area contributed by atoms with Crippen molar-refractivity contribution >= 4 is 12.1 Å². The molecule has 1 aromatic carbocycles.